The molecule has 1 aliphatic heterocycles. The molecule has 28 heavy (non-hydrogen) atoms. The molecule has 0 saturated carbocycles. The molecule has 0 unspecified atom stereocenters. The van der Waals surface area contributed by atoms with E-state index >= 15 is 0 Å². The van der Waals surface area contributed by atoms with Crippen LogP contribution in [0.5, 0.6) is 0 Å². The second-order valence-corrected chi connectivity index (χ2v) is 8.21. The Bertz CT molecular complexity index is 1040. The van der Waals surface area contributed by atoms with Gasteiger partial charge in [0.25, 0.3) is 5.91 Å². The van der Waals surface area contributed by atoms with Crippen molar-refractivity contribution in [2.24, 2.45) is 0 Å². The fourth-order valence-corrected chi connectivity index (χ4v) is 3.77. The summed E-state index contributed by atoms with van der Waals surface area (Å²) in [6.45, 7) is 6.73. The second-order valence-electron chi connectivity index (χ2n) is 8.21. The van der Waals surface area contributed by atoms with Gasteiger partial charge in [-0.15, -0.1) is 0 Å². The molecule has 1 amide bonds. The summed E-state index contributed by atoms with van der Waals surface area (Å²) >= 11 is 0. The molecule has 2 heterocycles. The molecule has 2 N–H and O–H groups in total. The first-order chi connectivity index (χ1) is 13.3. The van der Waals surface area contributed by atoms with Crippen LogP contribution in [-0.4, -0.2) is 52.9 Å². The standard InChI is InChI=1S/C23H26N4O/c1-23(2)15-27(10-9-26(23)3)22(28)18-6-4-5-16(11-18)17-7-8-19-14-25-21(24)13-20(19)12-17/h4-8,11-14H,9-10,15H2,1-3H3,(H2,24,25). The Kier molecular flexibility index (Phi) is 4.55. The Morgan fingerprint density at radius 3 is 2.61 bits per heavy atom. The van der Waals surface area contributed by atoms with Crippen molar-refractivity contribution in [1.29, 1.82) is 0 Å². The zero-order valence-electron chi connectivity index (χ0n) is 16.6. The van der Waals surface area contributed by atoms with Gasteiger partial charge in [-0.2, -0.15) is 0 Å². The van der Waals surface area contributed by atoms with E-state index in [2.05, 4.69) is 42.9 Å². The molecule has 5 heteroatoms. The third-order valence-corrected chi connectivity index (χ3v) is 5.79. The Morgan fingerprint density at radius 1 is 1.04 bits per heavy atom. The highest BCUT2D eigenvalue weighted by Crippen LogP contribution is 2.27. The maximum atomic E-state index is 13.1. The van der Waals surface area contributed by atoms with Gasteiger partial charge in [-0.05, 0) is 61.7 Å². The number of anilines is 1. The van der Waals surface area contributed by atoms with Crippen molar-refractivity contribution in [2.75, 3.05) is 32.4 Å². The number of aromatic nitrogens is 1. The van der Waals surface area contributed by atoms with Crippen molar-refractivity contribution in [3.63, 3.8) is 0 Å². The highest BCUT2D eigenvalue weighted by molar-refractivity contribution is 5.96. The number of piperazine rings is 1. The molecular weight excluding hydrogens is 348 g/mol. The summed E-state index contributed by atoms with van der Waals surface area (Å²) in [6.07, 6.45) is 1.78. The molecule has 0 aliphatic carbocycles. The highest BCUT2D eigenvalue weighted by Gasteiger charge is 2.33. The fraction of sp³-hybridized carbons (Fsp3) is 0.304. The van der Waals surface area contributed by atoms with Crippen molar-refractivity contribution in [3.8, 4) is 11.1 Å². The monoisotopic (exact) mass is 374 g/mol. The summed E-state index contributed by atoms with van der Waals surface area (Å²) < 4.78 is 0. The summed E-state index contributed by atoms with van der Waals surface area (Å²) in [6, 6.07) is 15.9. The number of carbonyl (C=O) groups excluding carboxylic acids is 1. The minimum Gasteiger partial charge on any atom is -0.384 e. The number of benzene rings is 2. The summed E-state index contributed by atoms with van der Waals surface area (Å²) in [5.41, 5.74) is 8.62. The van der Waals surface area contributed by atoms with E-state index in [1.165, 1.54) is 0 Å². The van der Waals surface area contributed by atoms with E-state index in [0.29, 0.717) is 5.82 Å². The number of pyridine rings is 1. The van der Waals surface area contributed by atoms with Gasteiger partial charge >= 0.3 is 0 Å². The molecular formula is C23H26N4O. The summed E-state index contributed by atoms with van der Waals surface area (Å²) in [5.74, 6) is 0.600. The van der Waals surface area contributed by atoms with Crippen LogP contribution in [-0.2, 0) is 0 Å². The lowest BCUT2D eigenvalue weighted by molar-refractivity contribution is 0.0311. The average molecular weight is 374 g/mol. The maximum Gasteiger partial charge on any atom is 0.253 e. The molecule has 1 aliphatic rings. The third kappa shape index (κ3) is 3.45. The van der Waals surface area contributed by atoms with Crippen LogP contribution in [0.2, 0.25) is 0 Å². The first-order valence-corrected chi connectivity index (χ1v) is 9.60. The molecule has 0 atom stereocenters. The Hall–Kier alpha value is -2.92. The summed E-state index contributed by atoms with van der Waals surface area (Å²) in [4.78, 5) is 21.5. The molecule has 144 valence electrons. The summed E-state index contributed by atoms with van der Waals surface area (Å²) in [7, 11) is 2.12. The van der Waals surface area contributed by atoms with Gasteiger partial charge in [0.1, 0.15) is 5.82 Å². The van der Waals surface area contributed by atoms with Crippen molar-refractivity contribution < 1.29 is 4.79 Å². The van der Waals surface area contributed by atoms with E-state index in [1.807, 2.05) is 41.3 Å². The number of nitrogen functional groups attached to an aromatic ring is 1. The van der Waals surface area contributed by atoms with Crippen LogP contribution in [0.3, 0.4) is 0 Å². The zero-order valence-corrected chi connectivity index (χ0v) is 16.6. The van der Waals surface area contributed by atoms with E-state index in [0.717, 1.165) is 47.1 Å². The largest absolute Gasteiger partial charge is 0.384 e. The smallest absolute Gasteiger partial charge is 0.253 e. The van der Waals surface area contributed by atoms with Gasteiger partial charge in [0.05, 0.1) is 0 Å². The van der Waals surface area contributed by atoms with Crippen LogP contribution in [0.15, 0.2) is 54.7 Å². The van der Waals surface area contributed by atoms with Crippen molar-refractivity contribution in [2.45, 2.75) is 19.4 Å². The second kappa shape index (κ2) is 6.91. The number of hydrogen-bond donors (Lipinski definition) is 1. The Balaban J connectivity index is 1.64. The lowest BCUT2D eigenvalue weighted by Crippen LogP contribution is -2.58. The van der Waals surface area contributed by atoms with Gasteiger partial charge in [-0.25, -0.2) is 4.98 Å². The number of nitrogens with zero attached hydrogens (tertiary/aromatic N) is 3. The number of carbonyl (C=O) groups is 1. The fourth-order valence-electron chi connectivity index (χ4n) is 3.77. The van der Waals surface area contributed by atoms with E-state index in [1.54, 1.807) is 6.20 Å². The van der Waals surface area contributed by atoms with Gasteiger partial charge in [-0.3, -0.25) is 9.69 Å². The van der Waals surface area contributed by atoms with Crippen LogP contribution >= 0.6 is 0 Å². The quantitative estimate of drug-likeness (QED) is 0.744. The van der Waals surface area contributed by atoms with E-state index < -0.39 is 0 Å². The maximum absolute atomic E-state index is 13.1. The van der Waals surface area contributed by atoms with Crippen molar-refractivity contribution in [3.05, 3.63) is 60.3 Å². The molecule has 1 fully saturated rings. The molecule has 3 aromatic rings. The highest BCUT2D eigenvalue weighted by atomic mass is 16.2. The number of likely N-dealkylation sites (N-methyl/N-ethyl adjacent to an activating group) is 1. The third-order valence-electron chi connectivity index (χ3n) is 5.79. The van der Waals surface area contributed by atoms with Crippen LogP contribution in [0.1, 0.15) is 24.2 Å². The number of fused-ring (bicyclic) bond motifs is 1. The number of nitrogens with two attached hydrogens (primary N) is 1. The molecule has 0 spiro atoms. The van der Waals surface area contributed by atoms with Crippen LogP contribution in [0.25, 0.3) is 21.9 Å². The summed E-state index contributed by atoms with van der Waals surface area (Å²) in [5, 5.41) is 2.09. The molecule has 4 rings (SSSR count). The van der Waals surface area contributed by atoms with Crippen LogP contribution in [0, 0.1) is 0 Å². The molecule has 1 saturated heterocycles. The van der Waals surface area contributed by atoms with E-state index in [9.17, 15) is 4.79 Å². The van der Waals surface area contributed by atoms with Crippen molar-refractivity contribution >= 4 is 22.5 Å². The predicted molar refractivity (Wildman–Crippen MR) is 114 cm³/mol. The normalized spacial score (nSPS) is 17.0. The first kappa shape index (κ1) is 18.4. The molecule has 2 aromatic carbocycles. The topological polar surface area (TPSA) is 62.5 Å². The van der Waals surface area contributed by atoms with E-state index in [4.69, 9.17) is 5.73 Å². The Morgan fingerprint density at radius 2 is 1.82 bits per heavy atom. The SMILES string of the molecule is CN1CCN(C(=O)c2cccc(-c3ccc4cnc(N)cc4c3)c2)CC1(C)C. The molecule has 0 radical (unpaired) electrons. The van der Waals surface area contributed by atoms with Crippen LogP contribution < -0.4 is 5.73 Å². The zero-order chi connectivity index (χ0) is 19.9. The number of hydrogen-bond acceptors (Lipinski definition) is 4. The van der Waals surface area contributed by atoms with Gasteiger partial charge < -0.3 is 10.6 Å². The number of rotatable bonds is 2. The predicted octanol–water partition coefficient (Wildman–Crippen LogP) is 3.65. The van der Waals surface area contributed by atoms with Gasteiger partial charge in [0.15, 0.2) is 0 Å². The minimum absolute atomic E-state index is 0.0160. The number of amides is 1. The van der Waals surface area contributed by atoms with E-state index in [-0.39, 0.29) is 11.4 Å². The van der Waals surface area contributed by atoms with Gasteiger partial charge in [0, 0.05) is 42.3 Å². The lowest BCUT2D eigenvalue weighted by atomic mass is 9.97. The van der Waals surface area contributed by atoms with Gasteiger partial charge in [-0.1, -0.05) is 24.3 Å². The Labute approximate surface area is 165 Å². The molecule has 5 nitrogen and oxygen atoms in total. The lowest BCUT2D eigenvalue weighted by Gasteiger charge is -2.45. The molecule has 0 bridgehead atoms. The first-order valence-electron chi connectivity index (χ1n) is 9.60. The van der Waals surface area contributed by atoms with Crippen molar-refractivity contribution in [1.82, 2.24) is 14.8 Å². The average Bonchev–Trinajstić information content (AvgIpc) is 2.69. The molecule has 1 aromatic heterocycles. The minimum atomic E-state index is -0.0160. The van der Waals surface area contributed by atoms with Gasteiger partial charge in [0.2, 0.25) is 0 Å². The van der Waals surface area contributed by atoms with Crippen LogP contribution in [0.4, 0.5) is 5.82 Å².